The van der Waals surface area contributed by atoms with E-state index in [1.54, 1.807) is 6.20 Å². The summed E-state index contributed by atoms with van der Waals surface area (Å²) < 4.78 is 5.11. The number of aromatic amines is 1. The third-order valence-electron chi connectivity index (χ3n) is 2.03. The van der Waals surface area contributed by atoms with E-state index in [2.05, 4.69) is 20.3 Å². The van der Waals surface area contributed by atoms with Gasteiger partial charge in [-0.2, -0.15) is 10.1 Å². The second-order valence-electron chi connectivity index (χ2n) is 3.61. The van der Waals surface area contributed by atoms with Crippen LogP contribution < -0.4 is 5.73 Å². The normalized spacial score (nSPS) is 13.0. The van der Waals surface area contributed by atoms with Crippen molar-refractivity contribution in [1.82, 2.24) is 20.3 Å². The van der Waals surface area contributed by atoms with Crippen LogP contribution in [0.15, 0.2) is 10.7 Å². The number of nitrogens with two attached hydrogens (primary N) is 1. The van der Waals surface area contributed by atoms with Crippen LogP contribution in [0.5, 0.6) is 0 Å². The van der Waals surface area contributed by atoms with Gasteiger partial charge in [0, 0.05) is 18.2 Å². The Morgan fingerprint density at radius 3 is 3.00 bits per heavy atom. The van der Waals surface area contributed by atoms with Gasteiger partial charge in [0.25, 0.3) is 5.89 Å². The molecular formula is C9H13N5O. The van der Waals surface area contributed by atoms with E-state index in [4.69, 9.17) is 10.3 Å². The maximum Gasteiger partial charge on any atom is 0.261 e. The SMILES string of the molecule is Cc1[nH]ncc1-c1nc(CC(C)N)no1. The molecule has 6 nitrogen and oxygen atoms in total. The molecule has 0 spiro atoms. The first-order valence-electron chi connectivity index (χ1n) is 4.75. The summed E-state index contributed by atoms with van der Waals surface area (Å²) in [7, 11) is 0. The van der Waals surface area contributed by atoms with Crippen LogP contribution in [-0.4, -0.2) is 26.4 Å². The molecule has 0 bridgehead atoms. The maximum atomic E-state index is 5.64. The summed E-state index contributed by atoms with van der Waals surface area (Å²) >= 11 is 0. The van der Waals surface area contributed by atoms with Crippen molar-refractivity contribution in [2.24, 2.45) is 5.73 Å². The van der Waals surface area contributed by atoms with Crippen molar-refractivity contribution < 1.29 is 4.52 Å². The topological polar surface area (TPSA) is 93.6 Å². The highest BCUT2D eigenvalue weighted by molar-refractivity contribution is 5.54. The molecular weight excluding hydrogens is 194 g/mol. The third kappa shape index (κ3) is 2.04. The zero-order valence-electron chi connectivity index (χ0n) is 8.69. The van der Waals surface area contributed by atoms with Gasteiger partial charge in [-0.15, -0.1) is 0 Å². The predicted molar refractivity (Wildman–Crippen MR) is 54.0 cm³/mol. The number of nitrogens with zero attached hydrogens (tertiary/aromatic N) is 3. The van der Waals surface area contributed by atoms with Crippen LogP contribution in [0.4, 0.5) is 0 Å². The Morgan fingerprint density at radius 1 is 1.60 bits per heavy atom. The van der Waals surface area contributed by atoms with E-state index in [9.17, 15) is 0 Å². The Balaban J connectivity index is 2.24. The molecule has 1 atom stereocenters. The van der Waals surface area contributed by atoms with Gasteiger partial charge in [0.2, 0.25) is 0 Å². The van der Waals surface area contributed by atoms with E-state index >= 15 is 0 Å². The average molecular weight is 207 g/mol. The fourth-order valence-electron chi connectivity index (χ4n) is 1.30. The van der Waals surface area contributed by atoms with Gasteiger partial charge in [-0.3, -0.25) is 5.10 Å². The van der Waals surface area contributed by atoms with E-state index in [0.29, 0.717) is 18.1 Å². The monoisotopic (exact) mass is 207 g/mol. The average Bonchev–Trinajstić information content (AvgIpc) is 2.72. The molecule has 1 unspecified atom stereocenters. The van der Waals surface area contributed by atoms with Crippen LogP contribution in [0, 0.1) is 6.92 Å². The van der Waals surface area contributed by atoms with Gasteiger partial charge >= 0.3 is 0 Å². The van der Waals surface area contributed by atoms with Gasteiger partial charge in [-0.25, -0.2) is 0 Å². The highest BCUT2D eigenvalue weighted by Gasteiger charge is 2.13. The Hall–Kier alpha value is -1.69. The Morgan fingerprint density at radius 2 is 2.40 bits per heavy atom. The number of aryl methyl sites for hydroxylation is 1. The molecule has 0 radical (unpaired) electrons. The van der Waals surface area contributed by atoms with E-state index in [1.807, 2.05) is 13.8 Å². The van der Waals surface area contributed by atoms with Crippen molar-refractivity contribution in [3.8, 4) is 11.5 Å². The molecule has 0 amide bonds. The van der Waals surface area contributed by atoms with Crippen LogP contribution in [0.1, 0.15) is 18.4 Å². The van der Waals surface area contributed by atoms with Crippen molar-refractivity contribution in [1.29, 1.82) is 0 Å². The van der Waals surface area contributed by atoms with Crippen molar-refractivity contribution >= 4 is 0 Å². The lowest BCUT2D eigenvalue weighted by atomic mass is 10.2. The first-order valence-corrected chi connectivity index (χ1v) is 4.75. The molecule has 0 aromatic carbocycles. The summed E-state index contributed by atoms with van der Waals surface area (Å²) in [5.41, 5.74) is 7.38. The molecule has 0 saturated heterocycles. The third-order valence-corrected chi connectivity index (χ3v) is 2.03. The lowest BCUT2D eigenvalue weighted by molar-refractivity contribution is 0.420. The van der Waals surface area contributed by atoms with Crippen LogP contribution in [0.3, 0.4) is 0 Å². The number of hydrogen-bond donors (Lipinski definition) is 2. The fraction of sp³-hybridized carbons (Fsp3) is 0.444. The zero-order chi connectivity index (χ0) is 10.8. The summed E-state index contributed by atoms with van der Waals surface area (Å²) in [5, 5.41) is 10.6. The number of aromatic nitrogens is 4. The first-order chi connectivity index (χ1) is 7.16. The molecule has 0 aliphatic heterocycles. The van der Waals surface area contributed by atoms with E-state index in [-0.39, 0.29) is 6.04 Å². The van der Waals surface area contributed by atoms with Gasteiger partial charge in [0.15, 0.2) is 5.82 Å². The first kappa shape index (κ1) is 9.85. The molecule has 2 rings (SSSR count). The van der Waals surface area contributed by atoms with Gasteiger partial charge < -0.3 is 10.3 Å². The predicted octanol–water partition coefficient (Wildman–Crippen LogP) is 0.658. The van der Waals surface area contributed by atoms with E-state index in [1.165, 1.54) is 0 Å². The van der Waals surface area contributed by atoms with E-state index in [0.717, 1.165) is 11.3 Å². The van der Waals surface area contributed by atoms with Crippen molar-refractivity contribution in [2.75, 3.05) is 0 Å². The number of rotatable bonds is 3. The van der Waals surface area contributed by atoms with Crippen LogP contribution in [0.25, 0.3) is 11.5 Å². The van der Waals surface area contributed by atoms with Gasteiger partial charge in [-0.1, -0.05) is 5.16 Å². The molecule has 3 N–H and O–H groups in total. The molecule has 2 aromatic heterocycles. The minimum Gasteiger partial charge on any atom is -0.334 e. The second-order valence-corrected chi connectivity index (χ2v) is 3.61. The zero-order valence-corrected chi connectivity index (χ0v) is 8.69. The molecule has 6 heteroatoms. The molecule has 0 aliphatic carbocycles. The van der Waals surface area contributed by atoms with Gasteiger partial charge in [0.1, 0.15) is 0 Å². The van der Waals surface area contributed by atoms with Crippen molar-refractivity contribution in [3.05, 3.63) is 17.7 Å². The number of hydrogen-bond acceptors (Lipinski definition) is 5. The van der Waals surface area contributed by atoms with Crippen molar-refractivity contribution in [3.63, 3.8) is 0 Å². The van der Waals surface area contributed by atoms with Gasteiger partial charge in [0.05, 0.1) is 11.8 Å². The Labute approximate surface area is 86.9 Å². The molecule has 0 fully saturated rings. The summed E-state index contributed by atoms with van der Waals surface area (Å²) in [4.78, 5) is 4.24. The lowest BCUT2D eigenvalue weighted by Crippen LogP contribution is -2.18. The van der Waals surface area contributed by atoms with E-state index < -0.39 is 0 Å². The summed E-state index contributed by atoms with van der Waals surface area (Å²) in [6.07, 6.45) is 2.28. The highest BCUT2D eigenvalue weighted by Crippen LogP contribution is 2.18. The minimum atomic E-state index is 0.0286. The summed E-state index contributed by atoms with van der Waals surface area (Å²) in [6, 6.07) is 0.0286. The van der Waals surface area contributed by atoms with Crippen LogP contribution in [-0.2, 0) is 6.42 Å². The molecule has 2 aromatic rings. The van der Waals surface area contributed by atoms with Crippen LogP contribution in [0.2, 0.25) is 0 Å². The number of H-pyrrole nitrogens is 1. The Bertz CT molecular complexity index is 445. The van der Waals surface area contributed by atoms with Gasteiger partial charge in [-0.05, 0) is 13.8 Å². The smallest absolute Gasteiger partial charge is 0.261 e. The standard InChI is InChI=1S/C9H13N5O/c1-5(10)3-8-12-9(15-14-8)7-4-11-13-6(7)2/h4-5H,3,10H2,1-2H3,(H,11,13). The minimum absolute atomic E-state index is 0.0286. The Kier molecular flexibility index (Phi) is 2.51. The quantitative estimate of drug-likeness (QED) is 0.771. The van der Waals surface area contributed by atoms with Crippen molar-refractivity contribution in [2.45, 2.75) is 26.3 Å². The number of nitrogens with one attached hydrogen (secondary N) is 1. The molecule has 0 saturated carbocycles. The highest BCUT2D eigenvalue weighted by atomic mass is 16.5. The summed E-state index contributed by atoms with van der Waals surface area (Å²) in [6.45, 7) is 3.80. The summed E-state index contributed by atoms with van der Waals surface area (Å²) in [5.74, 6) is 1.11. The lowest BCUT2D eigenvalue weighted by Gasteiger charge is -1.96. The molecule has 80 valence electrons. The largest absolute Gasteiger partial charge is 0.334 e. The second kappa shape index (κ2) is 3.82. The maximum absolute atomic E-state index is 5.64. The molecule has 2 heterocycles. The van der Waals surface area contributed by atoms with Crippen LogP contribution >= 0.6 is 0 Å². The molecule has 0 aliphatic rings. The molecule has 15 heavy (non-hydrogen) atoms. The fourth-order valence-corrected chi connectivity index (χ4v) is 1.30.